The fraction of sp³-hybridized carbons (Fsp3) is 0.464. The third-order valence-electron chi connectivity index (χ3n) is 5.41. The van der Waals surface area contributed by atoms with Gasteiger partial charge in [0.1, 0.15) is 0 Å². The number of hydrogen-bond donors (Lipinski definition) is 1. The van der Waals surface area contributed by atoms with Crippen molar-refractivity contribution in [2.24, 2.45) is 0 Å². The van der Waals surface area contributed by atoms with E-state index in [-0.39, 0.29) is 5.91 Å². The number of ether oxygens (including phenoxy) is 2. The summed E-state index contributed by atoms with van der Waals surface area (Å²) in [6, 6.07) is 15.1. The Hall–Kier alpha value is -2.79. The lowest BCUT2D eigenvalue weighted by atomic mass is 10.1. The van der Waals surface area contributed by atoms with Crippen LogP contribution in [-0.4, -0.2) is 45.2 Å². The first-order valence-electron chi connectivity index (χ1n) is 12.1. The van der Waals surface area contributed by atoms with Crippen molar-refractivity contribution in [3.8, 4) is 11.5 Å². The van der Waals surface area contributed by atoms with E-state index >= 15 is 0 Å². The molecule has 0 saturated heterocycles. The first-order valence-corrected chi connectivity index (χ1v) is 12.1. The van der Waals surface area contributed by atoms with Crippen molar-refractivity contribution >= 4 is 17.7 Å². The van der Waals surface area contributed by atoms with Crippen LogP contribution < -0.4 is 14.8 Å². The number of rotatable bonds is 16. The average molecular weight is 453 g/mol. The Bertz CT molecular complexity index is 834. The molecule has 0 aliphatic carbocycles. The van der Waals surface area contributed by atoms with Gasteiger partial charge in [0.2, 0.25) is 5.91 Å². The van der Waals surface area contributed by atoms with Gasteiger partial charge >= 0.3 is 0 Å². The summed E-state index contributed by atoms with van der Waals surface area (Å²) in [5.41, 5.74) is 1.65. The van der Waals surface area contributed by atoms with Crippen LogP contribution >= 0.6 is 0 Å². The van der Waals surface area contributed by atoms with Gasteiger partial charge in [-0.1, -0.05) is 62.8 Å². The Labute approximate surface area is 199 Å². The number of anilines is 1. The predicted molar refractivity (Wildman–Crippen MR) is 138 cm³/mol. The summed E-state index contributed by atoms with van der Waals surface area (Å²) in [4.78, 5) is 14.3. The van der Waals surface area contributed by atoms with Crippen LogP contribution in [0.5, 0.6) is 11.5 Å². The summed E-state index contributed by atoms with van der Waals surface area (Å²) in [5, 5.41) is 2.83. The number of amides is 1. The maximum Gasteiger partial charge on any atom is 0.248 e. The van der Waals surface area contributed by atoms with Crippen LogP contribution in [0, 0.1) is 0 Å². The molecule has 0 heterocycles. The lowest BCUT2D eigenvalue weighted by Crippen LogP contribution is -2.12. The number of para-hydroxylation sites is 1. The Balaban J connectivity index is 1.65. The van der Waals surface area contributed by atoms with Crippen molar-refractivity contribution in [2.45, 2.75) is 51.4 Å². The molecule has 5 nitrogen and oxygen atoms in total. The Morgan fingerprint density at radius 2 is 1.55 bits per heavy atom. The highest BCUT2D eigenvalue weighted by Crippen LogP contribution is 2.29. The van der Waals surface area contributed by atoms with E-state index in [1.165, 1.54) is 57.6 Å². The van der Waals surface area contributed by atoms with Crippen molar-refractivity contribution in [1.82, 2.24) is 4.90 Å². The first-order chi connectivity index (χ1) is 16.1. The van der Waals surface area contributed by atoms with E-state index in [1.807, 2.05) is 48.5 Å². The predicted octanol–water partition coefficient (Wildman–Crippen LogP) is 6.41. The standard InChI is InChI=1S/C28H40N2O3/c1-30(2)21-13-8-6-4-5-7-9-14-22-33-26-19-17-24(23-27(26)32-3)18-20-28(31)29-25-15-11-10-12-16-25/h10-12,15-20,23H,4-9,13-14,21-22H2,1-3H3,(H,29,31)/b20-18+. The van der Waals surface area contributed by atoms with Crippen LogP contribution in [0.2, 0.25) is 0 Å². The van der Waals surface area contributed by atoms with Gasteiger partial charge in [-0.15, -0.1) is 0 Å². The lowest BCUT2D eigenvalue weighted by molar-refractivity contribution is -0.111. The smallest absolute Gasteiger partial charge is 0.248 e. The second kappa shape index (κ2) is 15.9. The maximum absolute atomic E-state index is 12.1. The van der Waals surface area contributed by atoms with Gasteiger partial charge in [-0.05, 0) is 69.4 Å². The molecule has 1 amide bonds. The molecule has 0 aromatic heterocycles. The second-order valence-corrected chi connectivity index (χ2v) is 8.58. The van der Waals surface area contributed by atoms with E-state index in [0.717, 1.165) is 23.4 Å². The zero-order valence-electron chi connectivity index (χ0n) is 20.5. The van der Waals surface area contributed by atoms with E-state index in [9.17, 15) is 4.79 Å². The first kappa shape index (κ1) is 26.5. The quantitative estimate of drug-likeness (QED) is 0.236. The van der Waals surface area contributed by atoms with Crippen molar-refractivity contribution in [3.63, 3.8) is 0 Å². The minimum atomic E-state index is -0.172. The summed E-state index contributed by atoms with van der Waals surface area (Å²) in [6.45, 7) is 1.88. The average Bonchev–Trinajstić information content (AvgIpc) is 2.82. The second-order valence-electron chi connectivity index (χ2n) is 8.58. The number of methoxy groups -OCH3 is 1. The molecule has 33 heavy (non-hydrogen) atoms. The summed E-state index contributed by atoms with van der Waals surface area (Å²) in [5.74, 6) is 1.25. The molecular formula is C28H40N2O3. The third kappa shape index (κ3) is 11.6. The number of unbranched alkanes of at least 4 members (excludes halogenated alkanes) is 7. The zero-order valence-corrected chi connectivity index (χ0v) is 20.5. The van der Waals surface area contributed by atoms with Gasteiger partial charge < -0.3 is 19.7 Å². The van der Waals surface area contributed by atoms with Crippen LogP contribution in [0.3, 0.4) is 0 Å². The number of hydrogen-bond acceptors (Lipinski definition) is 4. The van der Waals surface area contributed by atoms with Crippen molar-refractivity contribution in [3.05, 3.63) is 60.2 Å². The van der Waals surface area contributed by atoms with Crippen molar-refractivity contribution in [2.75, 3.05) is 39.7 Å². The fourth-order valence-corrected chi connectivity index (χ4v) is 3.56. The Morgan fingerprint density at radius 3 is 2.21 bits per heavy atom. The molecule has 1 N–H and O–H groups in total. The van der Waals surface area contributed by atoms with Gasteiger partial charge in [0.25, 0.3) is 0 Å². The maximum atomic E-state index is 12.1. The minimum Gasteiger partial charge on any atom is -0.493 e. The molecule has 0 unspecified atom stereocenters. The molecule has 0 aliphatic rings. The third-order valence-corrected chi connectivity index (χ3v) is 5.41. The molecule has 0 atom stereocenters. The molecule has 0 aliphatic heterocycles. The van der Waals surface area contributed by atoms with E-state index in [1.54, 1.807) is 13.2 Å². The highest BCUT2D eigenvalue weighted by Gasteiger charge is 2.05. The summed E-state index contributed by atoms with van der Waals surface area (Å²) < 4.78 is 11.4. The van der Waals surface area contributed by atoms with Crippen molar-refractivity contribution < 1.29 is 14.3 Å². The number of nitrogens with zero attached hydrogens (tertiary/aromatic N) is 1. The molecule has 180 valence electrons. The van der Waals surface area contributed by atoms with E-state index in [4.69, 9.17) is 9.47 Å². The summed E-state index contributed by atoms with van der Waals surface area (Å²) in [7, 11) is 5.91. The molecule has 0 saturated carbocycles. The Kier molecular flexibility index (Phi) is 12.8. The van der Waals surface area contributed by atoms with E-state index in [0.29, 0.717) is 12.4 Å². The molecule has 2 rings (SSSR count). The van der Waals surface area contributed by atoms with Crippen LogP contribution in [0.4, 0.5) is 5.69 Å². The van der Waals surface area contributed by atoms with Gasteiger partial charge in [-0.25, -0.2) is 0 Å². The number of benzene rings is 2. The summed E-state index contributed by atoms with van der Waals surface area (Å²) >= 11 is 0. The molecule has 2 aromatic rings. The van der Waals surface area contributed by atoms with Crippen LogP contribution in [-0.2, 0) is 4.79 Å². The number of carbonyl (C=O) groups excluding carboxylic acids is 1. The molecule has 5 heteroatoms. The number of carbonyl (C=O) groups is 1. The number of nitrogens with one attached hydrogen (secondary N) is 1. The van der Waals surface area contributed by atoms with Crippen LogP contribution in [0.15, 0.2) is 54.6 Å². The molecule has 2 aromatic carbocycles. The highest BCUT2D eigenvalue weighted by molar-refractivity contribution is 6.01. The normalized spacial score (nSPS) is 11.2. The van der Waals surface area contributed by atoms with Crippen molar-refractivity contribution in [1.29, 1.82) is 0 Å². The lowest BCUT2D eigenvalue weighted by Gasteiger charge is -2.11. The fourth-order valence-electron chi connectivity index (χ4n) is 3.56. The molecule has 0 bridgehead atoms. The van der Waals surface area contributed by atoms with Crippen LogP contribution in [0.25, 0.3) is 6.08 Å². The Morgan fingerprint density at radius 1 is 0.879 bits per heavy atom. The highest BCUT2D eigenvalue weighted by atomic mass is 16.5. The van der Waals surface area contributed by atoms with Gasteiger partial charge in [0, 0.05) is 11.8 Å². The molecular weight excluding hydrogens is 412 g/mol. The molecule has 0 fully saturated rings. The van der Waals surface area contributed by atoms with Crippen LogP contribution in [0.1, 0.15) is 56.9 Å². The SMILES string of the molecule is COc1cc(/C=C/C(=O)Nc2ccccc2)ccc1OCCCCCCCCCCN(C)C. The van der Waals surface area contributed by atoms with E-state index in [2.05, 4.69) is 24.3 Å². The monoisotopic (exact) mass is 452 g/mol. The van der Waals surface area contributed by atoms with Gasteiger partial charge in [-0.2, -0.15) is 0 Å². The largest absolute Gasteiger partial charge is 0.493 e. The van der Waals surface area contributed by atoms with Gasteiger partial charge in [-0.3, -0.25) is 4.79 Å². The van der Waals surface area contributed by atoms with E-state index < -0.39 is 0 Å². The minimum absolute atomic E-state index is 0.172. The molecule has 0 spiro atoms. The van der Waals surface area contributed by atoms with Gasteiger partial charge in [0.05, 0.1) is 13.7 Å². The topological polar surface area (TPSA) is 50.8 Å². The zero-order chi connectivity index (χ0) is 23.7. The molecule has 0 radical (unpaired) electrons. The summed E-state index contributed by atoms with van der Waals surface area (Å²) in [6.07, 6.45) is 13.4. The van der Waals surface area contributed by atoms with Gasteiger partial charge in [0.15, 0.2) is 11.5 Å².